The first-order chi connectivity index (χ1) is 15.0. The molecule has 0 aromatic carbocycles. The van der Waals surface area contributed by atoms with Crippen LogP contribution >= 0.6 is 22.7 Å². The zero-order valence-corrected chi connectivity index (χ0v) is 19.7. The van der Waals surface area contributed by atoms with Crippen molar-refractivity contribution in [2.45, 2.75) is 57.8 Å². The van der Waals surface area contributed by atoms with E-state index in [1.54, 1.807) is 11.3 Å². The van der Waals surface area contributed by atoms with Gasteiger partial charge in [0, 0.05) is 59.3 Å². The lowest BCUT2D eigenvalue weighted by Crippen LogP contribution is -2.57. The first kappa shape index (κ1) is 22.5. The van der Waals surface area contributed by atoms with Crippen LogP contribution in [-0.4, -0.2) is 53.3 Å². The van der Waals surface area contributed by atoms with Crippen molar-refractivity contribution in [1.29, 1.82) is 0 Å². The maximum absolute atomic E-state index is 13.0. The number of thiophene rings is 2. The number of piperidine rings is 1. The Kier molecular flexibility index (Phi) is 7.43. The number of hydrogen-bond acceptors (Lipinski definition) is 6. The molecule has 31 heavy (non-hydrogen) atoms. The summed E-state index contributed by atoms with van der Waals surface area (Å²) in [5, 5.41) is 5.05. The number of likely N-dealkylation sites (tertiary alicyclic amines) is 1. The summed E-state index contributed by atoms with van der Waals surface area (Å²) in [5.74, 6) is 0.218. The highest BCUT2D eigenvalue weighted by Crippen LogP contribution is 2.35. The number of nitrogens with one attached hydrogen (secondary N) is 1. The molecule has 8 heteroatoms. The fourth-order valence-electron chi connectivity index (χ4n) is 4.36. The van der Waals surface area contributed by atoms with Crippen LogP contribution in [-0.2, 0) is 22.7 Å². The molecule has 1 aliphatic heterocycles. The summed E-state index contributed by atoms with van der Waals surface area (Å²) in [6, 6.07) is 8.49. The third kappa shape index (κ3) is 5.74. The minimum atomic E-state index is -0.408. The van der Waals surface area contributed by atoms with Gasteiger partial charge >= 0.3 is 0 Å². The molecule has 2 aromatic rings. The van der Waals surface area contributed by atoms with Gasteiger partial charge in [0.1, 0.15) is 6.04 Å². The van der Waals surface area contributed by atoms with Crippen LogP contribution in [0.5, 0.6) is 0 Å². The standard InChI is InChI=1S/C23H32N4O2S2/c1-16-4-7-20(31-16)15-26(14-19-3-2-12-30-19)18-8-11-27(23(29)17-5-6-17)21(13-18)22(28)25-10-9-24/h2-4,7,12,17-18,21H,5-6,8-11,13-15,24H2,1H3,(H,25,28)/t18?,21-/m1/s1. The van der Waals surface area contributed by atoms with Crippen molar-refractivity contribution in [2.24, 2.45) is 11.7 Å². The highest BCUT2D eigenvalue weighted by molar-refractivity contribution is 7.11. The van der Waals surface area contributed by atoms with Gasteiger partial charge in [-0.05, 0) is 56.2 Å². The van der Waals surface area contributed by atoms with E-state index >= 15 is 0 Å². The normalized spacial score (nSPS) is 21.5. The lowest BCUT2D eigenvalue weighted by atomic mass is 9.94. The number of nitrogens with zero attached hydrogens (tertiary/aromatic N) is 2. The van der Waals surface area contributed by atoms with Crippen LogP contribution in [0.25, 0.3) is 0 Å². The predicted molar refractivity (Wildman–Crippen MR) is 126 cm³/mol. The topological polar surface area (TPSA) is 78.7 Å². The Hall–Kier alpha value is -1.74. The molecule has 2 fully saturated rings. The molecule has 2 amide bonds. The number of amides is 2. The SMILES string of the molecule is Cc1ccc(CN(Cc2cccs2)C2CCN(C(=O)C3CC3)[C@@H](C(=O)NCCN)C2)s1. The highest BCUT2D eigenvalue weighted by atomic mass is 32.1. The second kappa shape index (κ2) is 10.3. The summed E-state index contributed by atoms with van der Waals surface area (Å²) < 4.78 is 0. The van der Waals surface area contributed by atoms with Crippen LogP contribution < -0.4 is 11.1 Å². The van der Waals surface area contributed by atoms with E-state index < -0.39 is 6.04 Å². The molecule has 3 heterocycles. The van der Waals surface area contributed by atoms with E-state index in [9.17, 15) is 9.59 Å². The van der Waals surface area contributed by atoms with Gasteiger partial charge in [-0.2, -0.15) is 0 Å². The van der Waals surface area contributed by atoms with Crippen LogP contribution in [0.4, 0.5) is 0 Å². The molecule has 1 aliphatic carbocycles. The molecule has 0 radical (unpaired) electrons. The second-order valence-electron chi connectivity index (χ2n) is 8.58. The first-order valence-electron chi connectivity index (χ1n) is 11.1. The van der Waals surface area contributed by atoms with E-state index in [4.69, 9.17) is 5.73 Å². The zero-order valence-electron chi connectivity index (χ0n) is 18.1. The Bertz CT molecular complexity index is 878. The molecule has 168 valence electrons. The molecule has 3 N–H and O–H groups in total. The van der Waals surface area contributed by atoms with Crippen molar-refractivity contribution in [1.82, 2.24) is 15.1 Å². The van der Waals surface area contributed by atoms with Gasteiger partial charge in [0.25, 0.3) is 0 Å². The number of carbonyl (C=O) groups excluding carboxylic acids is 2. The number of aryl methyl sites for hydroxylation is 1. The van der Waals surface area contributed by atoms with Crippen molar-refractivity contribution in [3.63, 3.8) is 0 Å². The van der Waals surface area contributed by atoms with Gasteiger partial charge in [-0.25, -0.2) is 0 Å². The molecule has 1 saturated carbocycles. The number of rotatable bonds is 9. The largest absolute Gasteiger partial charge is 0.353 e. The van der Waals surface area contributed by atoms with Crippen molar-refractivity contribution in [2.75, 3.05) is 19.6 Å². The summed E-state index contributed by atoms with van der Waals surface area (Å²) in [5.41, 5.74) is 5.60. The van der Waals surface area contributed by atoms with Gasteiger partial charge in [0.15, 0.2) is 0 Å². The summed E-state index contributed by atoms with van der Waals surface area (Å²) in [6.45, 7) is 5.37. The number of carbonyl (C=O) groups is 2. The summed E-state index contributed by atoms with van der Waals surface area (Å²) in [6.07, 6.45) is 3.48. The van der Waals surface area contributed by atoms with Gasteiger partial charge in [0.2, 0.25) is 11.8 Å². The lowest BCUT2D eigenvalue weighted by molar-refractivity contribution is -0.144. The minimum Gasteiger partial charge on any atom is -0.353 e. The maximum Gasteiger partial charge on any atom is 0.242 e. The third-order valence-corrected chi connectivity index (χ3v) is 7.99. The van der Waals surface area contributed by atoms with Gasteiger partial charge in [0.05, 0.1) is 0 Å². The average Bonchev–Trinajstić information content (AvgIpc) is 3.35. The minimum absolute atomic E-state index is 0.0628. The number of nitrogens with two attached hydrogens (primary N) is 1. The smallest absolute Gasteiger partial charge is 0.242 e. The van der Waals surface area contributed by atoms with Crippen LogP contribution in [0.2, 0.25) is 0 Å². The van der Waals surface area contributed by atoms with Crippen molar-refractivity contribution < 1.29 is 9.59 Å². The van der Waals surface area contributed by atoms with Crippen LogP contribution in [0.15, 0.2) is 29.6 Å². The van der Waals surface area contributed by atoms with E-state index in [-0.39, 0.29) is 23.8 Å². The monoisotopic (exact) mass is 460 g/mol. The van der Waals surface area contributed by atoms with Crippen LogP contribution in [0.3, 0.4) is 0 Å². The Morgan fingerprint density at radius 1 is 1.19 bits per heavy atom. The molecule has 6 nitrogen and oxygen atoms in total. The van der Waals surface area contributed by atoms with Crippen LogP contribution in [0, 0.1) is 12.8 Å². The molecule has 2 aliphatic rings. The Morgan fingerprint density at radius 3 is 2.65 bits per heavy atom. The lowest BCUT2D eigenvalue weighted by Gasteiger charge is -2.43. The van der Waals surface area contributed by atoms with Crippen molar-refractivity contribution >= 4 is 34.5 Å². The van der Waals surface area contributed by atoms with E-state index in [1.807, 2.05) is 16.2 Å². The summed E-state index contributed by atoms with van der Waals surface area (Å²) >= 11 is 3.60. The Labute approximate surface area is 192 Å². The van der Waals surface area contributed by atoms with E-state index in [1.165, 1.54) is 14.6 Å². The maximum atomic E-state index is 13.0. The second-order valence-corrected chi connectivity index (χ2v) is 11.0. The Balaban J connectivity index is 1.52. The molecule has 2 atom stereocenters. The fourth-order valence-corrected chi connectivity index (χ4v) is 6.00. The van der Waals surface area contributed by atoms with Crippen molar-refractivity contribution in [3.05, 3.63) is 44.3 Å². The molecule has 1 unspecified atom stereocenters. The van der Waals surface area contributed by atoms with Crippen LogP contribution in [0.1, 0.15) is 40.3 Å². The van der Waals surface area contributed by atoms with Gasteiger partial charge < -0.3 is 16.0 Å². The van der Waals surface area contributed by atoms with Gasteiger partial charge in [-0.3, -0.25) is 14.5 Å². The summed E-state index contributed by atoms with van der Waals surface area (Å²) in [4.78, 5) is 34.2. The van der Waals surface area contributed by atoms with E-state index in [0.717, 1.165) is 32.4 Å². The van der Waals surface area contributed by atoms with Crippen molar-refractivity contribution in [3.8, 4) is 0 Å². The molecule has 2 aromatic heterocycles. The third-order valence-electron chi connectivity index (χ3n) is 6.14. The predicted octanol–water partition coefficient (Wildman–Crippen LogP) is 2.96. The molecule has 4 rings (SSSR count). The van der Waals surface area contributed by atoms with Gasteiger partial charge in [-0.1, -0.05) is 6.07 Å². The quantitative estimate of drug-likeness (QED) is 0.603. The van der Waals surface area contributed by atoms with E-state index in [2.05, 4.69) is 46.8 Å². The first-order valence-corrected chi connectivity index (χ1v) is 12.8. The summed E-state index contributed by atoms with van der Waals surface area (Å²) in [7, 11) is 0. The zero-order chi connectivity index (χ0) is 21.8. The van der Waals surface area contributed by atoms with Gasteiger partial charge in [-0.15, -0.1) is 22.7 Å². The Morgan fingerprint density at radius 2 is 2.00 bits per heavy atom. The molecule has 0 spiro atoms. The highest BCUT2D eigenvalue weighted by Gasteiger charge is 2.42. The molecular weight excluding hydrogens is 428 g/mol. The fraction of sp³-hybridized carbons (Fsp3) is 0.565. The molecule has 0 bridgehead atoms. The molecule has 1 saturated heterocycles. The van der Waals surface area contributed by atoms with E-state index in [0.29, 0.717) is 26.1 Å². The average molecular weight is 461 g/mol. The molecular formula is C23H32N4O2S2. The number of hydrogen-bond donors (Lipinski definition) is 2.